The molecule has 0 heterocycles. The van der Waals surface area contributed by atoms with Crippen LogP contribution >= 0.6 is 0 Å². The number of carbonyl (C=O) groups is 1. The van der Waals surface area contributed by atoms with Crippen molar-refractivity contribution in [2.45, 2.75) is 24.5 Å². The van der Waals surface area contributed by atoms with E-state index in [-0.39, 0.29) is 30.5 Å². The number of alkyl halides is 3. The molecule has 1 amide bonds. The maximum Gasteiger partial charge on any atom is 0.416 e. The molecule has 0 aliphatic heterocycles. The summed E-state index contributed by atoms with van der Waals surface area (Å²) in [6, 6.07) is 17.5. The predicted octanol–water partition coefficient (Wildman–Crippen LogP) is 4.87. The van der Waals surface area contributed by atoms with Gasteiger partial charge in [-0.1, -0.05) is 42.0 Å². The van der Waals surface area contributed by atoms with Crippen molar-refractivity contribution < 1.29 is 31.5 Å². The Morgan fingerprint density at radius 1 is 1.00 bits per heavy atom. The van der Waals surface area contributed by atoms with Gasteiger partial charge in [-0.3, -0.25) is 9.10 Å². The third-order valence-electron chi connectivity index (χ3n) is 5.56. The number of likely N-dealkylation sites (N-methyl/N-ethyl adjacent to an activating group) is 1. The molecule has 3 aromatic rings. The highest BCUT2D eigenvalue weighted by molar-refractivity contribution is 7.92. The van der Waals surface area contributed by atoms with Gasteiger partial charge in [0.05, 0.1) is 29.3 Å². The molecule has 0 fully saturated rings. The van der Waals surface area contributed by atoms with Gasteiger partial charge in [0, 0.05) is 19.7 Å². The van der Waals surface area contributed by atoms with E-state index in [1.165, 1.54) is 41.3 Å². The summed E-state index contributed by atoms with van der Waals surface area (Å²) >= 11 is 0. The van der Waals surface area contributed by atoms with Crippen LogP contribution in [0.4, 0.5) is 18.9 Å². The number of benzene rings is 3. The fraction of sp³-hybridized carbons (Fsp3) is 0.222. The first-order valence-electron chi connectivity index (χ1n) is 11.3. The van der Waals surface area contributed by atoms with Gasteiger partial charge in [0.15, 0.2) is 0 Å². The molecule has 0 atom stereocenters. The SMILES string of the molecule is Cc1ccc(S(=O)(=O)N(CCO)c2cccc(CN(C)C(=O)/C=C/c3ccc(C(F)(F)F)cc3)c2)cc1. The normalized spacial score (nSPS) is 12.1. The lowest BCUT2D eigenvalue weighted by Crippen LogP contribution is -2.33. The third-order valence-corrected chi connectivity index (χ3v) is 7.40. The fourth-order valence-electron chi connectivity index (χ4n) is 3.56. The van der Waals surface area contributed by atoms with Crippen LogP contribution in [0.5, 0.6) is 0 Å². The van der Waals surface area contributed by atoms with Gasteiger partial charge in [0.25, 0.3) is 10.0 Å². The zero-order valence-corrected chi connectivity index (χ0v) is 21.1. The highest BCUT2D eigenvalue weighted by Crippen LogP contribution is 2.29. The molecule has 0 aromatic heterocycles. The lowest BCUT2D eigenvalue weighted by molar-refractivity contribution is -0.137. The zero-order chi connectivity index (χ0) is 27.2. The minimum atomic E-state index is -4.43. The summed E-state index contributed by atoms with van der Waals surface area (Å²) in [5.41, 5.74) is 1.58. The quantitative estimate of drug-likeness (QED) is 0.399. The van der Waals surface area contributed by atoms with E-state index in [9.17, 15) is 31.5 Å². The molecule has 37 heavy (non-hydrogen) atoms. The lowest BCUT2D eigenvalue weighted by atomic mass is 10.1. The number of aryl methyl sites for hydroxylation is 1. The molecule has 3 rings (SSSR count). The topological polar surface area (TPSA) is 77.9 Å². The van der Waals surface area contributed by atoms with E-state index < -0.39 is 21.8 Å². The van der Waals surface area contributed by atoms with Gasteiger partial charge in [-0.05, 0) is 60.5 Å². The second-order valence-electron chi connectivity index (χ2n) is 8.43. The smallest absolute Gasteiger partial charge is 0.394 e. The van der Waals surface area contributed by atoms with Crippen molar-refractivity contribution in [1.82, 2.24) is 4.90 Å². The number of aliphatic hydroxyl groups excluding tert-OH is 1. The van der Waals surface area contributed by atoms with Crippen LogP contribution in [0.2, 0.25) is 0 Å². The number of hydrogen-bond acceptors (Lipinski definition) is 4. The number of amides is 1. The Kier molecular flexibility index (Phi) is 8.77. The summed E-state index contributed by atoms with van der Waals surface area (Å²) in [6.45, 7) is 1.47. The number of carbonyl (C=O) groups excluding carboxylic acids is 1. The molecular formula is C27H27F3N2O4S. The molecule has 0 saturated carbocycles. The maximum atomic E-state index is 13.3. The Labute approximate surface area is 214 Å². The highest BCUT2D eigenvalue weighted by Gasteiger charge is 2.30. The van der Waals surface area contributed by atoms with Gasteiger partial charge in [0.1, 0.15) is 0 Å². The van der Waals surface area contributed by atoms with E-state index in [1.54, 1.807) is 43.4 Å². The van der Waals surface area contributed by atoms with E-state index in [2.05, 4.69) is 0 Å². The summed E-state index contributed by atoms with van der Waals surface area (Å²) in [4.78, 5) is 14.0. The number of hydrogen-bond donors (Lipinski definition) is 1. The maximum absolute atomic E-state index is 13.3. The minimum Gasteiger partial charge on any atom is -0.394 e. The number of sulfonamides is 1. The van der Waals surface area contributed by atoms with Crippen LogP contribution in [0.15, 0.2) is 83.8 Å². The Morgan fingerprint density at radius 2 is 1.65 bits per heavy atom. The molecule has 0 aliphatic rings. The van der Waals surface area contributed by atoms with E-state index in [0.29, 0.717) is 16.8 Å². The van der Waals surface area contributed by atoms with Crippen molar-refractivity contribution in [2.75, 3.05) is 24.5 Å². The number of aliphatic hydroxyl groups is 1. The summed E-state index contributed by atoms with van der Waals surface area (Å²) in [5, 5.41) is 9.53. The zero-order valence-electron chi connectivity index (χ0n) is 20.3. The number of halogens is 3. The summed E-state index contributed by atoms with van der Waals surface area (Å²) in [7, 11) is -2.38. The van der Waals surface area contributed by atoms with Crippen LogP contribution in [0.1, 0.15) is 22.3 Å². The molecule has 0 radical (unpaired) electrons. The van der Waals surface area contributed by atoms with Crippen LogP contribution in [0.25, 0.3) is 6.08 Å². The molecule has 0 unspecified atom stereocenters. The van der Waals surface area contributed by atoms with Crippen molar-refractivity contribution in [2.24, 2.45) is 0 Å². The molecular weight excluding hydrogens is 505 g/mol. The first-order valence-corrected chi connectivity index (χ1v) is 12.8. The van der Waals surface area contributed by atoms with Gasteiger partial charge in [-0.25, -0.2) is 8.42 Å². The first-order chi connectivity index (χ1) is 17.4. The molecule has 0 spiro atoms. The first kappa shape index (κ1) is 27.9. The van der Waals surface area contributed by atoms with Gasteiger partial charge in [-0.2, -0.15) is 13.2 Å². The summed E-state index contributed by atoms with van der Waals surface area (Å²) < 4.78 is 65.7. The molecule has 0 saturated heterocycles. The van der Waals surface area contributed by atoms with Crippen LogP contribution in [0, 0.1) is 6.92 Å². The van der Waals surface area contributed by atoms with E-state index in [4.69, 9.17) is 0 Å². The highest BCUT2D eigenvalue weighted by atomic mass is 32.2. The van der Waals surface area contributed by atoms with Crippen LogP contribution in [-0.4, -0.2) is 44.5 Å². The Morgan fingerprint density at radius 3 is 2.24 bits per heavy atom. The van der Waals surface area contributed by atoms with Crippen molar-refractivity contribution in [3.8, 4) is 0 Å². The van der Waals surface area contributed by atoms with Crippen LogP contribution < -0.4 is 4.31 Å². The number of anilines is 1. The molecule has 0 aliphatic carbocycles. The Balaban J connectivity index is 1.75. The van der Waals surface area contributed by atoms with E-state index in [1.807, 2.05) is 6.92 Å². The third kappa shape index (κ3) is 7.21. The van der Waals surface area contributed by atoms with Crippen molar-refractivity contribution in [1.29, 1.82) is 0 Å². The van der Waals surface area contributed by atoms with Gasteiger partial charge < -0.3 is 10.0 Å². The molecule has 6 nitrogen and oxygen atoms in total. The molecule has 0 bridgehead atoms. The van der Waals surface area contributed by atoms with Crippen molar-refractivity contribution >= 4 is 27.7 Å². The Bertz CT molecular complexity index is 1350. The second-order valence-corrected chi connectivity index (χ2v) is 10.3. The van der Waals surface area contributed by atoms with Gasteiger partial charge >= 0.3 is 6.18 Å². The molecule has 1 N–H and O–H groups in total. The van der Waals surface area contributed by atoms with Crippen molar-refractivity contribution in [3.05, 3.63) is 101 Å². The predicted molar refractivity (Wildman–Crippen MR) is 136 cm³/mol. The second kappa shape index (κ2) is 11.6. The van der Waals surface area contributed by atoms with E-state index in [0.717, 1.165) is 22.0 Å². The van der Waals surface area contributed by atoms with Gasteiger partial charge in [0.2, 0.25) is 5.91 Å². The fourth-order valence-corrected chi connectivity index (χ4v) is 5.00. The Hall–Kier alpha value is -3.63. The summed E-state index contributed by atoms with van der Waals surface area (Å²) in [5.74, 6) is -0.384. The lowest BCUT2D eigenvalue weighted by Gasteiger charge is -2.25. The average Bonchev–Trinajstić information content (AvgIpc) is 2.85. The number of nitrogens with zero attached hydrogens (tertiary/aromatic N) is 2. The molecule has 196 valence electrons. The summed E-state index contributed by atoms with van der Waals surface area (Å²) in [6.07, 6.45) is -1.75. The largest absolute Gasteiger partial charge is 0.416 e. The molecule has 3 aromatic carbocycles. The van der Waals surface area contributed by atoms with Crippen LogP contribution in [-0.2, 0) is 27.5 Å². The molecule has 10 heteroatoms. The van der Waals surface area contributed by atoms with E-state index >= 15 is 0 Å². The van der Waals surface area contributed by atoms with Crippen molar-refractivity contribution in [3.63, 3.8) is 0 Å². The van der Waals surface area contributed by atoms with Gasteiger partial charge in [-0.15, -0.1) is 0 Å². The van der Waals surface area contributed by atoms with Crippen LogP contribution in [0.3, 0.4) is 0 Å². The number of rotatable bonds is 9. The standard InChI is InChI=1S/C27H27F3N2O4S/c1-20-6-13-25(14-7-20)37(35,36)32(16-17-33)24-5-3-4-22(18-24)19-31(2)26(34)15-10-21-8-11-23(12-9-21)27(28,29)30/h3-15,18,33H,16-17,19H2,1-2H3/b15-10+. The average molecular weight is 533 g/mol. The monoisotopic (exact) mass is 532 g/mol. The minimum absolute atomic E-state index is 0.0950.